The van der Waals surface area contributed by atoms with Gasteiger partial charge in [-0.05, 0) is 6.07 Å². The molecule has 0 aliphatic heterocycles. The van der Waals surface area contributed by atoms with Crippen LogP contribution in [0.25, 0.3) is 0 Å². The Morgan fingerprint density at radius 2 is 0.923 bits per heavy atom. The van der Waals surface area contributed by atoms with Crippen LogP contribution in [0.4, 0.5) is 57.1 Å². The van der Waals surface area contributed by atoms with Crippen LogP contribution in [-0.2, 0) is 5.92 Å². The zero-order valence-corrected chi connectivity index (χ0v) is 12.4. The molecular weight excluding hydrogens is 427 g/mol. The molecule has 0 saturated carbocycles. The molecule has 0 aromatic heterocycles. The van der Waals surface area contributed by atoms with Crippen LogP contribution < -0.4 is 0 Å². The van der Waals surface area contributed by atoms with Crippen molar-refractivity contribution in [2.24, 2.45) is 0 Å². The number of rotatable bonds is 5. The van der Waals surface area contributed by atoms with E-state index in [4.69, 9.17) is 11.6 Å². The Kier molecular flexibility index (Phi) is 5.28. The Labute approximate surface area is 140 Å². The summed E-state index contributed by atoms with van der Waals surface area (Å²) in [4.78, 5) is 0. The fraction of sp³-hybridized carbons (Fsp3) is 0.500. The molecule has 0 unspecified atom stereocenters. The van der Waals surface area contributed by atoms with Gasteiger partial charge in [0.1, 0.15) is 0 Å². The van der Waals surface area contributed by atoms with E-state index < -0.39 is 46.4 Å². The lowest BCUT2D eigenvalue weighted by molar-refractivity contribution is -0.441. The van der Waals surface area contributed by atoms with Gasteiger partial charge in [0.05, 0.1) is 0 Å². The van der Waals surface area contributed by atoms with Crippen molar-refractivity contribution in [1.82, 2.24) is 0 Å². The molecule has 0 radical (unpaired) electrons. The quantitative estimate of drug-likeness (QED) is 0.466. The number of hydrogen-bond acceptors (Lipinski definition) is 0. The molecule has 1 aromatic carbocycles. The third-order valence-corrected chi connectivity index (χ3v) is 3.48. The summed E-state index contributed by atoms with van der Waals surface area (Å²) in [5.41, 5.74) is -2.18. The Hall–Kier alpha value is -1.40. The molecule has 0 spiro atoms. The lowest BCUT2D eigenvalue weighted by atomic mass is 9.90. The standard InChI is InChI=1S/C12H4ClF13/c13-6-4-2-1-3-5(6)7(14,15)8(16,17)9(18,19)10(20,21)11(22,23)12(24,25)26/h1-4H. The van der Waals surface area contributed by atoms with Crippen LogP contribution in [0.1, 0.15) is 5.56 Å². The Morgan fingerprint density at radius 1 is 0.538 bits per heavy atom. The van der Waals surface area contributed by atoms with E-state index in [1.807, 2.05) is 0 Å². The minimum absolute atomic E-state index is 0.0215. The minimum atomic E-state index is -7.92. The molecular formula is C12H4ClF13. The van der Waals surface area contributed by atoms with E-state index in [1.54, 1.807) is 0 Å². The van der Waals surface area contributed by atoms with E-state index in [-0.39, 0.29) is 6.07 Å². The molecule has 1 rings (SSSR count). The first-order chi connectivity index (χ1) is 11.3. The van der Waals surface area contributed by atoms with Crippen molar-refractivity contribution in [2.45, 2.75) is 35.8 Å². The Morgan fingerprint density at radius 3 is 1.31 bits per heavy atom. The van der Waals surface area contributed by atoms with Crippen LogP contribution in [0.2, 0.25) is 5.02 Å². The van der Waals surface area contributed by atoms with Gasteiger partial charge in [-0.2, -0.15) is 57.1 Å². The number of benzene rings is 1. The second-order valence-corrected chi connectivity index (χ2v) is 5.26. The minimum Gasteiger partial charge on any atom is -0.194 e. The van der Waals surface area contributed by atoms with Gasteiger partial charge >= 0.3 is 35.8 Å². The van der Waals surface area contributed by atoms with E-state index >= 15 is 0 Å². The summed E-state index contributed by atoms with van der Waals surface area (Å²) < 4.78 is 168. The van der Waals surface area contributed by atoms with Gasteiger partial charge in [0.2, 0.25) is 0 Å². The smallest absolute Gasteiger partial charge is 0.194 e. The molecule has 0 heterocycles. The lowest BCUT2D eigenvalue weighted by Crippen LogP contribution is -2.69. The molecule has 0 saturated heterocycles. The maximum absolute atomic E-state index is 13.7. The van der Waals surface area contributed by atoms with Crippen molar-refractivity contribution in [2.75, 3.05) is 0 Å². The third kappa shape index (κ3) is 2.87. The van der Waals surface area contributed by atoms with Crippen LogP contribution in [-0.4, -0.2) is 29.9 Å². The van der Waals surface area contributed by atoms with Crippen molar-refractivity contribution >= 4 is 11.6 Å². The van der Waals surface area contributed by atoms with Crippen LogP contribution in [0.3, 0.4) is 0 Å². The van der Waals surface area contributed by atoms with Crippen LogP contribution in [0, 0.1) is 0 Å². The maximum Gasteiger partial charge on any atom is 0.460 e. The van der Waals surface area contributed by atoms with E-state index in [2.05, 4.69) is 0 Å². The molecule has 0 aliphatic rings. The third-order valence-electron chi connectivity index (χ3n) is 3.15. The van der Waals surface area contributed by atoms with Gasteiger partial charge < -0.3 is 0 Å². The van der Waals surface area contributed by atoms with Crippen molar-refractivity contribution < 1.29 is 57.1 Å². The van der Waals surface area contributed by atoms with Gasteiger partial charge in [-0.3, -0.25) is 0 Å². The molecule has 150 valence electrons. The highest BCUT2D eigenvalue weighted by atomic mass is 35.5. The normalized spacial score (nSPS) is 15.3. The molecule has 0 aliphatic carbocycles. The highest BCUT2D eigenvalue weighted by molar-refractivity contribution is 6.31. The number of halogens is 14. The van der Waals surface area contributed by atoms with Crippen molar-refractivity contribution in [3.63, 3.8) is 0 Å². The monoisotopic (exact) mass is 430 g/mol. The van der Waals surface area contributed by atoms with Crippen LogP contribution in [0.5, 0.6) is 0 Å². The topological polar surface area (TPSA) is 0 Å². The molecule has 0 atom stereocenters. The summed E-state index contributed by atoms with van der Waals surface area (Å²) in [6, 6.07) is 1.80. The predicted octanol–water partition coefficient (Wildman–Crippen LogP) is 6.54. The summed E-state index contributed by atoms with van der Waals surface area (Å²) in [6.07, 6.45) is -7.43. The molecule has 0 nitrogen and oxygen atoms in total. The van der Waals surface area contributed by atoms with Gasteiger partial charge in [-0.1, -0.05) is 29.8 Å². The summed E-state index contributed by atoms with van der Waals surface area (Å²) in [5.74, 6) is -37.2. The summed E-state index contributed by atoms with van der Waals surface area (Å²) in [6.45, 7) is 0. The van der Waals surface area contributed by atoms with Crippen molar-refractivity contribution in [3.05, 3.63) is 34.9 Å². The zero-order valence-electron chi connectivity index (χ0n) is 11.6. The molecule has 14 heteroatoms. The largest absolute Gasteiger partial charge is 0.460 e. The average Bonchev–Trinajstić information content (AvgIpc) is 2.45. The molecule has 0 N–H and O–H groups in total. The van der Waals surface area contributed by atoms with Crippen molar-refractivity contribution in [3.8, 4) is 0 Å². The first-order valence-electron chi connectivity index (χ1n) is 5.97. The van der Waals surface area contributed by atoms with E-state index in [1.165, 1.54) is 0 Å². The Bertz CT molecular complexity index is 661. The Balaban J connectivity index is 3.61. The van der Waals surface area contributed by atoms with Gasteiger partial charge in [-0.15, -0.1) is 0 Å². The van der Waals surface area contributed by atoms with E-state index in [0.717, 1.165) is 6.07 Å². The highest BCUT2D eigenvalue weighted by Crippen LogP contribution is 2.62. The second kappa shape index (κ2) is 6.06. The summed E-state index contributed by atoms with van der Waals surface area (Å²) >= 11 is 5.07. The molecule has 26 heavy (non-hydrogen) atoms. The maximum atomic E-state index is 13.7. The first-order valence-corrected chi connectivity index (χ1v) is 6.35. The predicted molar refractivity (Wildman–Crippen MR) is 61.2 cm³/mol. The second-order valence-electron chi connectivity index (χ2n) is 4.85. The first kappa shape index (κ1) is 22.6. The fourth-order valence-corrected chi connectivity index (χ4v) is 1.91. The molecule has 0 amide bonds. The number of alkyl halides is 13. The number of hydrogen-bond donors (Lipinski definition) is 0. The molecule has 0 fully saturated rings. The highest BCUT2D eigenvalue weighted by Gasteiger charge is 2.90. The molecule has 0 bridgehead atoms. The van der Waals surface area contributed by atoms with Gasteiger partial charge in [-0.25, -0.2) is 0 Å². The van der Waals surface area contributed by atoms with Crippen molar-refractivity contribution in [1.29, 1.82) is 0 Å². The van der Waals surface area contributed by atoms with E-state index in [9.17, 15) is 57.1 Å². The fourth-order valence-electron chi connectivity index (χ4n) is 1.65. The van der Waals surface area contributed by atoms with Crippen LogP contribution in [0.15, 0.2) is 24.3 Å². The van der Waals surface area contributed by atoms with Crippen LogP contribution >= 0.6 is 11.6 Å². The average molecular weight is 431 g/mol. The van der Waals surface area contributed by atoms with Gasteiger partial charge in [0, 0.05) is 10.6 Å². The van der Waals surface area contributed by atoms with Gasteiger partial charge in [0.15, 0.2) is 0 Å². The SMILES string of the molecule is FC(F)(F)C(F)(F)C(F)(F)C(F)(F)C(F)(F)C(F)(F)c1ccccc1Cl. The van der Waals surface area contributed by atoms with E-state index in [0.29, 0.717) is 12.1 Å². The summed E-state index contributed by atoms with van der Waals surface area (Å²) in [7, 11) is 0. The van der Waals surface area contributed by atoms with Gasteiger partial charge in [0.25, 0.3) is 0 Å². The summed E-state index contributed by atoms with van der Waals surface area (Å²) in [5, 5.41) is -1.35. The zero-order chi connectivity index (χ0) is 21.0. The molecule has 1 aromatic rings. The lowest BCUT2D eigenvalue weighted by Gasteiger charge is -2.39.